The fourth-order valence-corrected chi connectivity index (χ4v) is 3.71. The lowest BCUT2D eigenvalue weighted by Crippen LogP contribution is -2.12. The minimum atomic E-state index is -4.80. The second-order valence-electron chi connectivity index (χ2n) is 6.82. The quantitative estimate of drug-likeness (QED) is 0.410. The number of benzene rings is 1. The monoisotopic (exact) mass is 492 g/mol. The Bertz CT molecular complexity index is 1150. The van der Waals surface area contributed by atoms with Crippen LogP contribution in [0.1, 0.15) is 22.9 Å². The first-order valence-electron chi connectivity index (χ1n) is 8.98. The first kappa shape index (κ1) is 23.9. The summed E-state index contributed by atoms with van der Waals surface area (Å²) < 4.78 is 77.9. The summed E-state index contributed by atoms with van der Waals surface area (Å²) in [7, 11) is 0. The molecule has 0 saturated carbocycles. The minimum Gasteiger partial charge on any atom is -0.486 e. The minimum absolute atomic E-state index is 0.0466. The van der Waals surface area contributed by atoms with Crippen LogP contribution in [0.3, 0.4) is 0 Å². The fraction of sp³-hybridized carbons (Fsp3) is 0.250. The van der Waals surface area contributed by atoms with Crippen molar-refractivity contribution in [2.75, 3.05) is 0 Å². The molecule has 12 heteroatoms. The molecule has 0 aliphatic rings. The van der Waals surface area contributed by atoms with Gasteiger partial charge in [-0.1, -0.05) is 24.6 Å². The summed E-state index contributed by atoms with van der Waals surface area (Å²) in [5.74, 6) is -4.01. The first-order valence-corrected chi connectivity index (χ1v) is 10.1. The number of hydrogen-bond acceptors (Lipinski definition) is 5. The molecule has 1 N–H and O–H groups in total. The van der Waals surface area contributed by atoms with E-state index in [2.05, 4.69) is 9.36 Å². The molecule has 0 fully saturated rings. The van der Waals surface area contributed by atoms with Gasteiger partial charge in [-0.3, -0.25) is 4.79 Å². The lowest BCUT2D eigenvalue weighted by Gasteiger charge is -2.12. The van der Waals surface area contributed by atoms with Crippen molar-refractivity contribution in [2.45, 2.75) is 26.1 Å². The maximum absolute atomic E-state index is 14.4. The van der Waals surface area contributed by atoms with Crippen LogP contribution in [0, 0.1) is 17.6 Å². The van der Waals surface area contributed by atoms with Gasteiger partial charge in [-0.25, -0.2) is 13.8 Å². The van der Waals surface area contributed by atoms with Crippen molar-refractivity contribution in [2.24, 2.45) is 5.92 Å². The number of carboxylic acid groups (broad SMARTS) is 1. The van der Waals surface area contributed by atoms with Crippen LogP contribution in [-0.2, 0) is 24.0 Å². The lowest BCUT2D eigenvalue weighted by atomic mass is 10.0. The van der Waals surface area contributed by atoms with Gasteiger partial charge in [0.25, 0.3) is 0 Å². The summed E-state index contributed by atoms with van der Waals surface area (Å²) in [6, 6.07) is 4.53. The SMILES string of the molecule is CC(Cc1ccc(OCc2c(-c3ncc(Cl)cc3F)nsc2C(F)(F)F)c(F)c1)C(=O)O. The van der Waals surface area contributed by atoms with Crippen molar-refractivity contribution in [3.05, 3.63) is 63.1 Å². The molecular weight excluding hydrogens is 479 g/mol. The zero-order chi connectivity index (χ0) is 23.6. The molecular formula is C20H14ClF5N2O3S. The van der Waals surface area contributed by atoms with E-state index in [9.17, 15) is 26.7 Å². The van der Waals surface area contributed by atoms with E-state index >= 15 is 0 Å². The van der Waals surface area contributed by atoms with Gasteiger partial charge in [-0.05, 0) is 41.7 Å². The summed E-state index contributed by atoms with van der Waals surface area (Å²) in [6.07, 6.45) is -3.68. The average Bonchev–Trinajstić information content (AvgIpc) is 3.11. The smallest absolute Gasteiger partial charge is 0.427 e. The van der Waals surface area contributed by atoms with Crippen LogP contribution >= 0.6 is 23.1 Å². The summed E-state index contributed by atoms with van der Waals surface area (Å²) in [5, 5.41) is 8.90. The predicted octanol–water partition coefficient (Wildman–Crippen LogP) is 6.00. The van der Waals surface area contributed by atoms with Crippen LogP contribution in [-0.4, -0.2) is 20.4 Å². The van der Waals surface area contributed by atoms with E-state index in [1.54, 1.807) is 0 Å². The Morgan fingerprint density at radius 1 is 1.22 bits per heavy atom. The largest absolute Gasteiger partial charge is 0.486 e. The van der Waals surface area contributed by atoms with E-state index in [1.165, 1.54) is 19.1 Å². The molecule has 5 nitrogen and oxygen atoms in total. The number of nitrogens with zero attached hydrogens (tertiary/aromatic N) is 2. The third-order valence-electron chi connectivity index (χ3n) is 4.41. The highest BCUT2D eigenvalue weighted by Gasteiger charge is 2.38. The molecule has 1 aromatic carbocycles. The zero-order valence-corrected chi connectivity index (χ0v) is 17.8. The molecule has 0 aliphatic carbocycles. The van der Waals surface area contributed by atoms with E-state index in [1.807, 2.05) is 0 Å². The number of carboxylic acids is 1. The number of aromatic nitrogens is 2. The summed E-state index contributed by atoms with van der Waals surface area (Å²) in [6.45, 7) is 0.699. The van der Waals surface area contributed by atoms with E-state index in [-0.39, 0.29) is 34.4 Å². The van der Waals surface area contributed by atoms with Crippen LogP contribution in [0.4, 0.5) is 22.0 Å². The van der Waals surface area contributed by atoms with E-state index in [4.69, 9.17) is 21.4 Å². The summed E-state index contributed by atoms with van der Waals surface area (Å²) in [5.41, 5.74) is -0.952. The number of alkyl halides is 3. The van der Waals surface area contributed by atoms with E-state index < -0.39 is 52.4 Å². The van der Waals surface area contributed by atoms with Gasteiger partial charge in [0.2, 0.25) is 0 Å². The standard InChI is InChI=1S/C20H14ClF5N2O3S/c1-9(19(29)30)4-10-2-3-15(13(22)5-10)31-8-12-16(28-32-18(12)20(24,25)26)17-14(23)6-11(21)7-27-17/h2-3,5-7,9H,4,8H2,1H3,(H,29,30). The van der Waals surface area contributed by atoms with Crippen molar-refractivity contribution in [1.82, 2.24) is 9.36 Å². The average molecular weight is 493 g/mol. The van der Waals surface area contributed by atoms with Crippen molar-refractivity contribution >= 4 is 29.1 Å². The number of halogens is 6. The molecule has 0 aliphatic heterocycles. The molecule has 170 valence electrons. The second-order valence-corrected chi connectivity index (χ2v) is 8.03. The number of pyridine rings is 1. The lowest BCUT2D eigenvalue weighted by molar-refractivity contribution is -0.141. The van der Waals surface area contributed by atoms with Gasteiger partial charge in [0.1, 0.15) is 22.9 Å². The highest BCUT2D eigenvalue weighted by Crippen LogP contribution is 2.40. The van der Waals surface area contributed by atoms with Crippen LogP contribution in [0.15, 0.2) is 30.5 Å². The highest BCUT2D eigenvalue weighted by atomic mass is 35.5. The van der Waals surface area contributed by atoms with Crippen LogP contribution in [0.5, 0.6) is 5.75 Å². The Morgan fingerprint density at radius 3 is 2.53 bits per heavy atom. The molecule has 1 atom stereocenters. The van der Waals surface area contributed by atoms with E-state index in [0.29, 0.717) is 5.56 Å². The van der Waals surface area contributed by atoms with Gasteiger partial charge in [0.05, 0.1) is 10.9 Å². The molecule has 1 unspecified atom stereocenters. The molecule has 2 aromatic heterocycles. The normalized spacial score (nSPS) is 12.6. The molecule has 32 heavy (non-hydrogen) atoms. The van der Waals surface area contributed by atoms with Crippen molar-refractivity contribution in [1.29, 1.82) is 0 Å². The zero-order valence-electron chi connectivity index (χ0n) is 16.2. The number of ether oxygens (including phenoxy) is 1. The maximum atomic E-state index is 14.4. The summed E-state index contributed by atoms with van der Waals surface area (Å²) in [4.78, 5) is 13.5. The number of rotatable bonds is 7. The highest BCUT2D eigenvalue weighted by molar-refractivity contribution is 7.06. The molecule has 0 radical (unpaired) electrons. The van der Waals surface area contributed by atoms with Gasteiger partial charge in [0.15, 0.2) is 17.4 Å². The van der Waals surface area contributed by atoms with Crippen molar-refractivity contribution < 1.29 is 36.6 Å². The molecule has 2 heterocycles. The first-order chi connectivity index (χ1) is 15.0. The maximum Gasteiger partial charge on any atom is 0.427 e. The van der Waals surface area contributed by atoms with Gasteiger partial charge < -0.3 is 9.84 Å². The number of hydrogen-bond donors (Lipinski definition) is 1. The Kier molecular flexibility index (Phi) is 6.99. The Balaban J connectivity index is 1.90. The molecule has 3 aromatic rings. The van der Waals surface area contributed by atoms with Gasteiger partial charge in [-0.15, -0.1) is 0 Å². The number of carbonyl (C=O) groups is 1. The second kappa shape index (κ2) is 9.37. The Labute approximate surface area is 187 Å². The van der Waals surface area contributed by atoms with E-state index in [0.717, 1.165) is 18.3 Å². The third-order valence-corrected chi connectivity index (χ3v) is 5.55. The summed E-state index contributed by atoms with van der Waals surface area (Å²) >= 11 is 5.74. The van der Waals surface area contributed by atoms with Crippen molar-refractivity contribution in [3.63, 3.8) is 0 Å². The predicted molar refractivity (Wildman–Crippen MR) is 107 cm³/mol. The molecule has 0 bridgehead atoms. The van der Waals surface area contributed by atoms with Gasteiger partial charge in [-0.2, -0.15) is 17.5 Å². The Hall–Kier alpha value is -2.79. The Morgan fingerprint density at radius 2 is 1.94 bits per heavy atom. The van der Waals surface area contributed by atoms with Crippen molar-refractivity contribution in [3.8, 4) is 17.1 Å². The third kappa shape index (κ3) is 5.33. The van der Waals surface area contributed by atoms with Crippen LogP contribution in [0.2, 0.25) is 5.02 Å². The molecule has 0 amide bonds. The number of aliphatic carboxylic acids is 1. The van der Waals surface area contributed by atoms with Crippen LogP contribution < -0.4 is 4.74 Å². The van der Waals surface area contributed by atoms with Crippen LogP contribution in [0.25, 0.3) is 11.4 Å². The molecule has 0 spiro atoms. The molecule has 0 saturated heterocycles. The fourth-order valence-electron chi connectivity index (χ4n) is 2.82. The van der Waals surface area contributed by atoms with Gasteiger partial charge >= 0.3 is 12.1 Å². The van der Waals surface area contributed by atoms with Gasteiger partial charge in [0, 0.05) is 11.8 Å². The molecule has 3 rings (SSSR count). The topological polar surface area (TPSA) is 72.3 Å².